The van der Waals surface area contributed by atoms with Crippen molar-refractivity contribution in [2.75, 3.05) is 6.61 Å². The molecule has 0 unspecified atom stereocenters. The maximum Gasteiger partial charge on any atom is 0.274 e. The molecule has 0 aliphatic carbocycles. The number of rotatable bonds is 2. The molecule has 0 atom stereocenters. The predicted octanol–water partition coefficient (Wildman–Crippen LogP) is 4.90. The Labute approximate surface area is 174 Å². The molecule has 5 nitrogen and oxygen atoms in total. The molecule has 148 valence electrons. The van der Waals surface area contributed by atoms with Crippen molar-refractivity contribution in [2.45, 2.75) is 39.2 Å². The second-order valence-electron chi connectivity index (χ2n) is 7.59. The van der Waals surface area contributed by atoms with Crippen molar-refractivity contribution in [3.8, 4) is 5.75 Å². The van der Waals surface area contributed by atoms with Gasteiger partial charge in [-0.05, 0) is 57.9 Å². The van der Waals surface area contributed by atoms with E-state index in [2.05, 4.69) is 5.43 Å². The summed E-state index contributed by atoms with van der Waals surface area (Å²) in [4.78, 5) is 26.0. The van der Waals surface area contributed by atoms with E-state index in [0.717, 1.165) is 18.4 Å². The van der Waals surface area contributed by atoms with Crippen molar-refractivity contribution in [1.29, 1.82) is 0 Å². The quantitative estimate of drug-likeness (QED) is 0.702. The van der Waals surface area contributed by atoms with Crippen molar-refractivity contribution in [3.63, 3.8) is 0 Å². The highest BCUT2D eigenvalue weighted by atomic mass is 35.5. The smallest absolute Gasteiger partial charge is 0.274 e. The molecule has 1 aliphatic rings. The van der Waals surface area contributed by atoms with Crippen LogP contribution in [0.1, 0.15) is 53.5 Å². The molecule has 0 saturated heterocycles. The minimum atomic E-state index is -0.685. The third-order valence-corrected chi connectivity index (χ3v) is 5.23. The number of carbonyl (C=O) groups excluding carboxylic acids is 2. The van der Waals surface area contributed by atoms with Gasteiger partial charge >= 0.3 is 0 Å². The van der Waals surface area contributed by atoms with Crippen LogP contribution in [0.15, 0.2) is 36.4 Å². The van der Waals surface area contributed by atoms with Crippen LogP contribution < -0.4 is 10.2 Å². The fourth-order valence-electron chi connectivity index (χ4n) is 3.02. The Hall–Kier alpha value is -2.24. The van der Waals surface area contributed by atoms with Crippen LogP contribution in [0, 0.1) is 0 Å². The minimum absolute atomic E-state index is 0.298. The molecule has 0 aromatic heterocycles. The van der Waals surface area contributed by atoms with Crippen molar-refractivity contribution < 1.29 is 14.3 Å². The first-order chi connectivity index (χ1) is 13.2. The molecule has 1 aliphatic heterocycles. The predicted molar refractivity (Wildman–Crippen MR) is 110 cm³/mol. The number of hydrogen-bond acceptors (Lipinski definition) is 3. The van der Waals surface area contributed by atoms with E-state index in [-0.39, 0.29) is 0 Å². The average Bonchev–Trinajstić information content (AvgIpc) is 2.65. The molecule has 2 aromatic rings. The van der Waals surface area contributed by atoms with Crippen LogP contribution >= 0.6 is 23.2 Å². The van der Waals surface area contributed by atoms with Gasteiger partial charge in [-0.2, -0.15) is 0 Å². The normalized spacial score (nSPS) is 13.3. The molecular formula is C21H22Cl2N2O3. The Morgan fingerprint density at radius 3 is 2.46 bits per heavy atom. The second-order valence-corrected chi connectivity index (χ2v) is 8.37. The fraction of sp³-hybridized carbons (Fsp3) is 0.333. The third kappa shape index (κ3) is 4.10. The lowest BCUT2D eigenvalue weighted by molar-refractivity contribution is 0.0358. The molecule has 28 heavy (non-hydrogen) atoms. The van der Waals surface area contributed by atoms with Crippen LogP contribution in [0.5, 0.6) is 5.75 Å². The monoisotopic (exact) mass is 420 g/mol. The molecule has 0 bridgehead atoms. The lowest BCUT2D eigenvalue weighted by Gasteiger charge is -2.35. The van der Waals surface area contributed by atoms with Gasteiger partial charge in [0.1, 0.15) is 5.75 Å². The van der Waals surface area contributed by atoms with E-state index in [1.807, 2.05) is 20.8 Å². The van der Waals surface area contributed by atoms with Gasteiger partial charge in [-0.1, -0.05) is 35.3 Å². The fourth-order valence-corrected chi connectivity index (χ4v) is 3.57. The van der Waals surface area contributed by atoms with E-state index in [1.165, 1.54) is 5.01 Å². The van der Waals surface area contributed by atoms with Gasteiger partial charge in [0.15, 0.2) is 0 Å². The van der Waals surface area contributed by atoms with Crippen molar-refractivity contribution in [3.05, 3.63) is 63.1 Å². The van der Waals surface area contributed by atoms with E-state index < -0.39 is 17.4 Å². The molecule has 0 spiro atoms. The number of fused-ring (bicyclic) bond motifs is 1. The molecular weight excluding hydrogens is 399 g/mol. The van der Waals surface area contributed by atoms with E-state index in [9.17, 15) is 9.59 Å². The number of nitrogens with one attached hydrogen (secondary N) is 1. The Kier molecular flexibility index (Phi) is 5.87. The van der Waals surface area contributed by atoms with Gasteiger partial charge in [-0.3, -0.25) is 15.0 Å². The number of hydrazine groups is 1. The lowest BCUT2D eigenvalue weighted by Crippen LogP contribution is -2.56. The van der Waals surface area contributed by atoms with E-state index in [1.54, 1.807) is 36.4 Å². The lowest BCUT2D eigenvalue weighted by atomic mass is 10.0. The SMILES string of the molecule is CC(C)(C)N(NC(=O)c1ccc2c(c1Cl)CCCO2)C(=O)c1ccccc1Cl. The summed E-state index contributed by atoms with van der Waals surface area (Å²) in [6, 6.07) is 10.1. The summed E-state index contributed by atoms with van der Waals surface area (Å²) >= 11 is 12.7. The van der Waals surface area contributed by atoms with Crippen molar-refractivity contribution >= 4 is 35.0 Å². The molecule has 2 amide bonds. The molecule has 0 fully saturated rings. The molecule has 0 radical (unpaired) electrons. The standard InChI is InChI=1S/C21H22Cl2N2O3/c1-21(2,3)25(20(27)13-7-4-5-9-16(13)22)24-19(26)15-10-11-17-14(18(15)23)8-6-12-28-17/h4-5,7,9-11H,6,8,12H2,1-3H3,(H,24,26). The summed E-state index contributed by atoms with van der Waals surface area (Å²) in [5.74, 6) is -0.162. The average molecular weight is 421 g/mol. The van der Waals surface area contributed by atoms with Crippen LogP contribution in [-0.4, -0.2) is 29.0 Å². The van der Waals surface area contributed by atoms with Gasteiger partial charge in [-0.25, -0.2) is 5.01 Å². The molecule has 1 N–H and O–H groups in total. The van der Waals surface area contributed by atoms with E-state index in [0.29, 0.717) is 33.5 Å². The highest BCUT2D eigenvalue weighted by Gasteiger charge is 2.31. The van der Waals surface area contributed by atoms with Crippen LogP contribution in [-0.2, 0) is 6.42 Å². The Bertz CT molecular complexity index is 922. The van der Waals surface area contributed by atoms with Gasteiger partial charge < -0.3 is 4.74 Å². The zero-order chi connectivity index (χ0) is 20.5. The van der Waals surface area contributed by atoms with Gasteiger partial charge in [0, 0.05) is 5.56 Å². The second kappa shape index (κ2) is 8.02. The first-order valence-electron chi connectivity index (χ1n) is 9.04. The summed E-state index contributed by atoms with van der Waals surface area (Å²) in [5.41, 5.74) is 3.45. The third-order valence-electron chi connectivity index (χ3n) is 4.47. The molecule has 0 saturated carbocycles. The topological polar surface area (TPSA) is 58.6 Å². The van der Waals surface area contributed by atoms with Crippen molar-refractivity contribution in [2.24, 2.45) is 0 Å². The zero-order valence-corrected chi connectivity index (χ0v) is 17.5. The number of benzene rings is 2. The molecule has 2 aromatic carbocycles. The highest BCUT2D eigenvalue weighted by molar-refractivity contribution is 6.35. The number of carbonyl (C=O) groups is 2. The maximum absolute atomic E-state index is 13.1. The zero-order valence-electron chi connectivity index (χ0n) is 16.0. The summed E-state index contributed by atoms with van der Waals surface area (Å²) in [7, 11) is 0. The molecule has 3 rings (SSSR count). The van der Waals surface area contributed by atoms with Crippen LogP contribution in [0.2, 0.25) is 10.0 Å². The summed E-state index contributed by atoms with van der Waals surface area (Å²) < 4.78 is 5.59. The Balaban J connectivity index is 1.91. The highest BCUT2D eigenvalue weighted by Crippen LogP contribution is 2.34. The first-order valence-corrected chi connectivity index (χ1v) is 9.80. The van der Waals surface area contributed by atoms with Crippen molar-refractivity contribution in [1.82, 2.24) is 10.4 Å². The summed E-state index contributed by atoms with van der Waals surface area (Å²) in [5, 5.41) is 1.96. The summed E-state index contributed by atoms with van der Waals surface area (Å²) in [6.07, 6.45) is 1.59. The number of ether oxygens (including phenoxy) is 1. The Morgan fingerprint density at radius 1 is 1.07 bits per heavy atom. The number of nitrogens with zero attached hydrogens (tertiary/aromatic N) is 1. The van der Waals surface area contributed by atoms with Crippen LogP contribution in [0.4, 0.5) is 0 Å². The number of halogens is 2. The molecule has 7 heteroatoms. The maximum atomic E-state index is 13.1. The van der Waals surface area contributed by atoms with E-state index >= 15 is 0 Å². The van der Waals surface area contributed by atoms with Gasteiger partial charge in [0.2, 0.25) is 0 Å². The van der Waals surface area contributed by atoms with Crippen LogP contribution in [0.25, 0.3) is 0 Å². The first kappa shape index (κ1) is 20.5. The molecule has 1 heterocycles. The minimum Gasteiger partial charge on any atom is -0.493 e. The van der Waals surface area contributed by atoms with E-state index in [4.69, 9.17) is 27.9 Å². The summed E-state index contributed by atoms with van der Waals surface area (Å²) in [6.45, 7) is 6.11. The Morgan fingerprint density at radius 2 is 1.79 bits per heavy atom. The van der Waals surface area contributed by atoms with Gasteiger partial charge in [0.25, 0.3) is 11.8 Å². The number of hydrogen-bond donors (Lipinski definition) is 1. The number of amides is 2. The van der Waals surface area contributed by atoms with Crippen LogP contribution in [0.3, 0.4) is 0 Å². The van der Waals surface area contributed by atoms with Gasteiger partial charge in [-0.15, -0.1) is 0 Å². The largest absolute Gasteiger partial charge is 0.493 e. The van der Waals surface area contributed by atoms with Gasteiger partial charge in [0.05, 0.1) is 33.3 Å².